The summed E-state index contributed by atoms with van der Waals surface area (Å²) in [6, 6.07) is 20.4. The number of amides is 1. The van der Waals surface area contributed by atoms with E-state index < -0.39 is 32.5 Å². The summed E-state index contributed by atoms with van der Waals surface area (Å²) in [5.74, 6) is 0.356. The Morgan fingerprint density at radius 2 is 1.88 bits per heavy atom. The third kappa shape index (κ3) is 6.20. The van der Waals surface area contributed by atoms with Gasteiger partial charge in [-0.15, -0.1) is 0 Å². The average Bonchev–Trinajstić information content (AvgIpc) is 3.70. The molecule has 0 radical (unpaired) electrons. The molecule has 11 heteroatoms. The fourth-order valence-corrected chi connectivity index (χ4v) is 8.50. The fourth-order valence-electron chi connectivity index (χ4n) is 7.06. The SMILES string of the molecule is CCc1cn2c3c(cc(C(=O)N[C@@H](Cc4ccccc4)[C@H](O)CNC4(c5cccc(OC)c5)CCOC4)cc13)N(C)S(=O)(=O)C(C)(C)C2. The zero-order valence-electron chi connectivity index (χ0n) is 28.3. The quantitative estimate of drug-likeness (QED) is 0.216. The van der Waals surface area contributed by atoms with E-state index in [2.05, 4.69) is 17.6 Å². The Kier molecular flexibility index (Phi) is 9.34. The summed E-state index contributed by atoms with van der Waals surface area (Å²) in [6.45, 7) is 7.04. The van der Waals surface area contributed by atoms with Crippen LogP contribution in [0.4, 0.5) is 5.69 Å². The highest BCUT2D eigenvalue weighted by Gasteiger charge is 2.42. The molecule has 2 aliphatic heterocycles. The largest absolute Gasteiger partial charge is 0.497 e. The first-order valence-corrected chi connectivity index (χ1v) is 18.0. The van der Waals surface area contributed by atoms with Gasteiger partial charge in [-0.25, -0.2) is 8.42 Å². The number of aromatic nitrogens is 1. The lowest BCUT2D eigenvalue weighted by atomic mass is 9.88. The molecule has 0 bridgehead atoms. The van der Waals surface area contributed by atoms with Crippen LogP contribution in [-0.2, 0) is 39.7 Å². The molecule has 0 aliphatic carbocycles. The number of ether oxygens (including phenoxy) is 2. The molecule has 6 rings (SSSR count). The Morgan fingerprint density at radius 3 is 2.56 bits per heavy atom. The molecule has 1 amide bonds. The number of aliphatic hydroxyl groups excluding tert-OH is 1. The molecule has 10 nitrogen and oxygen atoms in total. The highest BCUT2D eigenvalue weighted by Crippen LogP contribution is 2.40. The van der Waals surface area contributed by atoms with Crippen molar-refractivity contribution >= 4 is 32.5 Å². The lowest BCUT2D eigenvalue weighted by Gasteiger charge is -2.33. The highest BCUT2D eigenvalue weighted by molar-refractivity contribution is 7.94. The van der Waals surface area contributed by atoms with Crippen LogP contribution in [0.2, 0.25) is 0 Å². The topological polar surface area (TPSA) is 122 Å². The van der Waals surface area contributed by atoms with Gasteiger partial charge in [-0.1, -0.05) is 49.4 Å². The number of hydrogen-bond acceptors (Lipinski definition) is 7. The molecule has 0 spiro atoms. The molecule has 3 atom stereocenters. The number of benzene rings is 3. The highest BCUT2D eigenvalue weighted by atomic mass is 32.2. The molecule has 0 saturated carbocycles. The smallest absolute Gasteiger partial charge is 0.251 e. The van der Waals surface area contributed by atoms with Gasteiger partial charge in [0.1, 0.15) is 10.5 Å². The molecule has 2 aliphatic rings. The summed E-state index contributed by atoms with van der Waals surface area (Å²) >= 11 is 0. The van der Waals surface area contributed by atoms with Gasteiger partial charge in [0.2, 0.25) is 10.0 Å². The first kappa shape index (κ1) is 34.0. The van der Waals surface area contributed by atoms with E-state index in [0.717, 1.165) is 46.2 Å². The van der Waals surface area contributed by atoms with Crippen molar-refractivity contribution in [2.24, 2.45) is 0 Å². The number of carbonyl (C=O) groups excluding carboxylic acids is 1. The average molecular weight is 675 g/mol. The first-order valence-electron chi connectivity index (χ1n) is 16.5. The van der Waals surface area contributed by atoms with Gasteiger partial charge in [0.25, 0.3) is 5.91 Å². The molecular formula is C37H46N4O6S. The van der Waals surface area contributed by atoms with E-state index in [1.165, 1.54) is 4.31 Å². The van der Waals surface area contributed by atoms with E-state index in [9.17, 15) is 18.3 Å². The zero-order chi connectivity index (χ0) is 34.3. The van der Waals surface area contributed by atoms with Gasteiger partial charge in [-0.2, -0.15) is 0 Å². The second-order valence-corrected chi connectivity index (χ2v) is 16.2. The van der Waals surface area contributed by atoms with Crippen LogP contribution in [0.1, 0.15) is 54.2 Å². The summed E-state index contributed by atoms with van der Waals surface area (Å²) in [4.78, 5) is 14.1. The molecular weight excluding hydrogens is 628 g/mol. The van der Waals surface area contributed by atoms with Crippen LogP contribution in [0, 0.1) is 0 Å². The van der Waals surface area contributed by atoms with Gasteiger partial charge in [0, 0.05) is 43.9 Å². The van der Waals surface area contributed by atoms with E-state index in [1.807, 2.05) is 71.4 Å². The van der Waals surface area contributed by atoms with Crippen LogP contribution >= 0.6 is 0 Å². The summed E-state index contributed by atoms with van der Waals surface area (Å²) in [5, 5.41) is 19.3. The van der Waals surface area contributed by atoms with Crippen molar-refractivity contribution in [3.63, 3.8) is 0 Å². The maximum Gasteiger partial charge on any atom is 0.251 e. The third-order valence-electron chi connectivity index (χ3n) is 10.00. The fraction of sp³-hybridized carbons (Fsp3) is 0.432. The number of nitrogens with one attached hydrogen (secondary N) is 2. The Bertz CT molecular complexity index is 1900. The minimum absolute atomic E-state index is 0.196. The number of methoxy groups -OCH3 is 1. The van der Waals surface area contributed by atoms with Crippen molar-refractivity contribution in [2.75, 3.05) is 38.2 Å². The van der Waals surface area contributed by atoms with Crippen LogP contribution < -0.4 is 19.7 Å². The standard InChI is InChI=1S/C37H46N4O6S/c1-6-26-22-41-23-36(2,3)48(44,45)40(4)32-19-27(18-30(26)34(32)41)35(43)39-31(17-25-11-8-7-9-12-25)33(42)21-38-37(15-16-47-24-37)28-13-10-14-29(20-28)46-5/h7-14,18-20,22,31,33,38,42H,6,15-17,21,23-24H2,1-5H3,(H,39,43)/t31-,33+,37?/m0/s1. The monoisotopic (exact) mass is 674 g/mol. The van der Waals surface area contributed by atoms with Gasteiger partial charge in [0.05, 0.1) is 42.6 Å². The van der Waals surface area contributed by atoms with Crippen LogP contribution in [0.5, 0.6) is 5.75 Å². The van der Waals surface area contributed by atoms with E-state index >= 15 is 0 Å². The molecule has 3 aromatic carbocycles. The van der Waals surface area contributed by atoms with Crippen LogP contribution in [-0.4, -0.2) is 74.8 Å². The number of aliphatic hydroxyl groups is 1. The van der Waals surface area contributed by atoms with Gasteiger partial charge < -0.3 is 29.8 Å². The van der Waals surface area contributed by atoms with Gasteiger partial charge in [0.15, 0.2) is 0 Å². The number of hydrogen-bond donors (Lipinski definition) is 3. The predicted molar refractivity (Wildman–Crippen MR) is 188 cm³/mol. The third-order valence-corrected chi connectivity index (χ3v) is 12.4. The number of rotatable bonds is 11. The molecule has 1 fully saturated rings. The number of sulfonamides is 1. The molecule has 1 unspecified atom stereocenters. The van der Waals surface area contributed by atoms with Crippen molar-refractivity contribution in [2.45, 2.75) is 69.0 Å². The first-order chi connectivity index (χ1) is 22.9. The molecule has 3 heterocycles. The van der Waals surface area contributed by atoms with E-state index in [0.29, 0.717) is 37.4 Å². The van der Waals surface area contributed by atoms with Gasteiger partial charge in [-0.3, -0.25) is 9.10 Å². The second kappa shape index (κ2) is 13.2. The summed E-state index contributed by atoms with van der Waals surface area (Å²) in [7, 11) is -0.543. The number of anilines is 1. The lowest BCUT2D eigenvalue weighted by Crippen LogP contribution is -2.53. The zero-order valence-corrected chi connectivity index (χ0v) is 29.1. The van der Waals surface area contributed by atoms with E-state index in [1.54, 1.807) is 34.1 Å². The van der Waals surface area contributed by atoms with E-state index in [-0.39, 0.29) is 12.5 Å². The Labute approximate surface area is 283 Å². The van der Waals surface area contributed by atoms with Crippen molar-refractivity contribution in [1.29, 1.82) is 0 Å². The van der Waals surface area contributed by atoms with Crippen molar-refractivity contribution in [3.05, 3.63) is 95.2 Å². The predicted octanol–water partition coefficient (Wildman–Crippen LogP) is 4.38. The number of carbonyl (C=O) groups is 1. The van der Waals surface area contributed by atoms with Gasteiger partial charge >= 0.3 is 0 Å². The minimum Gasteiger partial charge on any atom is -0.497 e. The Morgan fingerprint density at radius 1 is 1.10 bits per heavy atom. The summed E-state index contributed by atoms with van der Waals surface area (Å²) in [5.41, 5.74) is 4.09. The Hall–Kier alpha value is -3.90. The minimum atomic E-state index is -3.73. The van der Waals surface area contributed by atoms with Gasteiger partial charge in [-0.05, 0) is 74.1 Å². The molecule has 1 aromatic heterocycles. The molecule has 48 heavy (non-hydrogen) atoms. The molecule has 1 saturated heterocycles. The van der Waals surface area contributed by atoms with Crippen molar-refractivity contribution < 1.29 is 27.8 Å². The molecule has 4 aromatic rings. The van der Waals surface area contributed by atoms with Crippen LogP contribution in [0.3, 0.4) is 0 Å². The van der Waals surface area contributed by atoms with Crippen molar-refractivity contribution in [3.8, 4) is 5.75 Å². The lowest BCUT2D eigenvalue weighted by molar-refractivity contribution is 0.0796. The molecule has 256 valence electrons. The van der Waals surface area contributed by atoms with Crippen LogP contribution in [0.25, 0.3) is 10.9 Å². The second-order valence-electron chi connectivity index (χ2n) is 13.6. The van der Waals surface area contributed by atoms with Crippen LogP contribution in [0.15, 0.2) is 72.9 Å². The Balaban J connectivity index is 1.31. The molecule has 3 N–H and O–H groups in total. The summed E-state index contributed by atoms with van der Waals surface area (Å²) < 4.78 is 40.9. The summed E-state index contributed by atoms with van der Waals surface area (Å²) in [6.07, 6.45) is 2.89. The maximum absolute atomic E-state index is 14.1. The van der Waals surface area contributed by atoms with E-state index in [4.69, 9.17) is 9.47 Å². The van der Waals surface area contributed by atoms with Crippen molar-refractivity contribution in [1.82, 2.24) is 15.2 Å². The normalized spacial score (nSPS) is 21.1. The number of nitrogens with zero attached hydrogens (tertiary/aromatic N) is 2. The maximum atomic E-state index is 14.1. The number of aryl methyl sites for hydroxylation is 1.